The fourth-order valence-corrected chi connectivity index (χ4v) is 4.11. The molecule has 0 saturated heterocycles. The zero-order valence-electron chi connectivity index (χ0n) is 17.7. The number of benzene rings is 2. The van der Waals surface area contributed by atoms with Gasteiger partial charge in [-0.25, -0.2) is 13.2 Å². The number of nitrogens with one attached hydrogen (secondary N) is 1. The van der Waals surface area contributed by atoms with Crippen LogP contribution in [0.1, 0.15) is 42.6 Å². The molecule has 1 amide bonds. The lowest BCUT2D eigenvalue weighted by molar-refractivity contribution is -0.124. The molecule has 2 aromatic carbocycles. The molecule has 0 aromatic heterocycles. The van der Waals surface area contributed by atoms with Gasteiger partial charge in [0.1, 0.15) is 0 Å². The summed E-state index contributed by atoms with van der Waals surface area (Å²) in [6.07, 6.45) is 1.76. The van der Waals surface area contributed by atoms with Gasteiger partial charge in [-0.3, -0.25) is 9.10 Å². The highest BCUT2D eigenvalue weighted by molar-refractivity contribution is 7.92. The first-order chi connectivity index (χ1) is 14.1. The number of rotatable bonds is 9. The largest absolute Gasteiger partial charge is 0.452 e. The maximum absolute atomic E-state index is 13.0. The summed E-state index contributed by atoms with van der Waals surface area (Å²) in [7, 11) is -2.42. The summed E-state index contributed by atoms with van der Waals surface area (Å²) >= 11 is 0. The first-order valence-corrected chi connectivity index (χ1v) is 11.2. The van der Waals surface area contributed by atoms with E-state index < -0.39 is 28.5 Å². The minimum absolute atomic E-state index is 0.00742. The van der Waals surface area contributed by atoms with Gasteiger partial charge >= 0.3 is 5.97 Å². The van der Waals surface area contributed by atoms with Gasteiger partial charge in [-0.1, -0.05) is 37.1 Å². The Morgan fingerprint density at radius 3 is 2.43 bits per heavy atom. The van der Waals surface area contributed by atoms with Gasteiger partial charge in [-0.2, -0.15) is 0 Å². The lowest BCUT2D eigenvalue weighted by Crippen LogP contribution is -2.35. The Bertz CT molecular complexity index is 987. The Balaban J connectivity index is 2.10. The number of esters is 1. The average molecular weight is 433 g/mol. The van der Waals surface area contributed by atoms with Gasteiger partial charge in [0, 0.05) is 13.1 Å². The first-order valence-electron chi connectivity index (χ1n) is 9.77. The van der Waals surface area contributed by atoms with E-state index in [9.17, 15) is 18.0 Å². The van der Waals surface area contributed by atoms with Crippen LogP contribution in [0.3, 0.4) is 0 Å². The number of carbonyl (C=O) groups is 2. The highest BCUT2D eigenvalue weighted by Crippen LogP contribution is 2.23. The van der Waals surface area contributed by atoms with Gasteiger partial charge in [-0.15, -0.1) is 0 Å². The van der Waals surface area contributed by atoms with Crippen molar-refractivity contribution in [2.75, 3.05) is 18.0 Å². The van der Waals surface area contributed by atoms with Crippen LogP contribution in [0.5, 0.6) is 0 Å². The molecule has 0 saturated carbocycles. The van der Waals surface area contributed by atoms with E-state index in [-0.39, 0.29) is 16.5 Å². The van der Waals surface area contributed by atoms with Crippen LogP contribution < -0.4 is 9.62 Å². The summed E-state index contributed by atoms with van der Waals surface area (Å²) in [5, 5.41) is 2.74. The summed E-state index contributed by atoms with van der Waals surface area (Å²) in [6, 6.07) is 12.6. The fourth-order valence-electron chi connectivity index (χ4n) is 2.87. The van der Waals surface area contributed by atoms with Crippen molar-refractivity contribution in [3.63, 3.8) is 0 Å². The lowest BCUT2D eigenvalue weighted by atomic mass is 10.2. The third-order valence-electron chi connectivity index (χ3n) is 4.59. The number of hydrogen-bond donors (Lipinski definition) is 1. The molecule has 0 aliphatic carbocycles. The van der Waals surface area contributed by atoms with Crippen LogP contribution in [0.25, 0.3) is 0 Å². The molecule has 0 unspecified atom stereocenters. The molecule has 0 aliphatic heterocycles. The standard InChI is InChI=1S/C22H28N2O5S/c1-5-7-17(3)23-21(25)15-29-22(26)18-8-6-9-20(14-18)30(27,28)24(4)19-12-10-16(2)11-13-19/h6,8-14,17H,5,7,15H2,1-4H3,(H,23,25)/t17-/m0/s1. The van der Waals surface area contributed by atoms with Crippen molar-refractivity contribution in [3.05, 3.63) is 59.7 Å². The number of amides is 1. The fraction of sp³-hybridized carbons (Fsp3) is 0.364. The van der Waals surface area contributed by atoms with Gasteiger partial charge in [0.05, 0.1) is 16.1 Å². The normalized spacial score (nSPS) is 12.1. The van der Waals surface area contributed by atoms with Gasteiger partial charge in [-0.05, 0) is 50.6 Å². The molecule has 1 atom stereocenters. The van der Waals surface area contributed by atoms with E-state index in [1.54, 1.807) is 12.1 Å². The van der Waals surface area contributed by atoms with Crippen molar-refractivity contribution in [2.24, 2.45) is 0 Å². The minimum atomic E-state index is -3.87. The number of sulfonamides is 1. The van der Waals surface area contributed by atoms with E-state index in [0.29, 0.717) is 5.69 Å². The maximum atomic E-state index is 13.0. The molecule has 30 heavy (non-hydrogen) atoms. The number of ether oxygens (including phenoxy) is 1. The van der Waals surface area contributed by atoms with Crippen molar-refractivity contribution >= 4 is 27.6 Å². The molecule has 0 radical (unpaired) electrons. The van der Waals surface area contributed by atoms with E-state index in [0.717, 1.165) is 22.7 Å². The molecule has 0 aliphatic rings. The highest BCUT2D eigenvalue weighted by atomic mass is 32.2. The molecule has 2 rings (SSSR count). The van der Waals surface area contributed by atoms with Gasteiger partial charge in [0.15, 0.2) is 6.61 Å². The number of hydrogen-bond acceptors (Lipinski definition) is 5. The van der Waals surface area contributed by atoms with Crippen molar-refractivity contribution in [2.45, 2.75) is 44.6 Å². The van der Waals surface area contributed by atoms with E-state index >= 15 is 0 Å². The van der Waals surface area contributed by atoms with Crippen LogP contribution in [0, 0.1) is 6.92 Å². The Labute approximate surface area is 178 Å². The highest BCUT2D eigenvalue weighted by Gasteiger charge is 2.23. The zero-order chi connectivity index (χ0) is 22.3. The summed E-state index contributed by atoms with van der Waals surface area (Å²) in [5.41, 5.74) is 1.58. The van der Waals surface area contributed by atoms with E-state index in [1.165, 1.54) is 31.3 Å². The predicted octanol–water partition coefficient (Wildman–Crippen LogP) is 3.28. The predicted molar refractivity (Wildman–Crippen MR) is 116 cm³/mol. The number of carbonyl (C=O) groups excluding carboxylic acids is 2. The van der Waals surface area contributed by atoms with Crippen molar-refractivity contribution in [3.8, 4) is 0 Å². The second-order valence-corrected chi connectivity index (χ2v) is 9.14. The number of aryl methyl sites for hydroxylation is 1. The summed E-state index contributed by atoms with van der Waals surface area (Å²) in [5.74, 6) is -1.16. The third kappa shape index (κ3) is 6.06. The maximum Gasteiger partial charge on any atom is 0.338 e. The molecular formula is C22H28N2O5S. The van der Waals surface area contributed by atoms with E-state index in [2.05, 4.69) is 5.32 Å². The number of anilines is 1. The van der Waals surface area contributed by atoms with E-state index in [1.807, 2.05) is 32.9 Å². The first kappa shape index (κ1) is 23.4. The molecule has 7 nitrogen and oxygen atoms in total. The van der Waals surface area contributed by atoms with Crippen molar-refractivity contribution in [1.29, 1.82) is 0 Å². The second-order valence-electron chi connectivity index (χ2n) is 7.17. The SMILES string of the molecule is CCC[C@H](C)NC(=O)COC(=O)c1cccc(S(=O)(=O)N(C)c2ccc(C)cc2)c1. The summed E-state index contributed by atoms with van der Waals surface area (Å²) < 4.78 is 32.1. The minimum Gasteiger partial charge on any atom is -0.452 e. The average Bonchev–Trinajstić information content (AvgIpc) is 2.72. The Hall–Kier alpha value is -2.87. The third-order valence-corrected chi connectivity index (χ3v) is 6.37. The van der Waals surface area contributed by atoms with Gasteiger partial charge < -0.3 is 10.1 Å². The van der Waals surface area contributed by atoms with Crippen LogP contribution in [0.2, 0.25) is 0 Å². The summed E-state index contributed by atoms with van der Waals surface area (Å²) in [4.78, 5) is 24.1. The Kier molecular flexibility index (Phi) is 8.00. The molecule has 8 heteroatoms. The van der Waals surface area contributed by atoms with Crippen LogP contribution >= 0.6 is 0 Å². The van der Waals surface area contributed by atoms with Gasteiger partial charge in [0.25, 0.3) is 15.9 Å². The molecule has 1 N–H and O–H groups in total. The Morgan fingerprint density at radius 2 is 1.80 bits per heavy atom. The molecule has 2 aromatic rings. The van der Waals surface area contributed by atoms with Crippen LogP contribution in [0.15, 0.2) is 53.4 Å². The lowest BCUT2D eigenvalue weighted by Gasteiger charge is -2.20. The van der Waals surface area contributed by atoms with Crippen molar-refractivity contribution < 1.29 is 22.7 Å². The summed E-state index contributed by atoms with van der Waals surface area (Å²) in [6.45, 7) is 5.38. The molecule has 0 bridgehead atoms. The Morgan fingerprint density at radius 1 is 1.13 bits per heavy atom. The molecule has 0 heterocycles. The second kappa shape index (κ2) is 10.2. The topological polar surface area (TPSA) is 92.8 Å². The van der Waals surface area contributed by atoms with Crippen LogP contribution in [-0.4, -0.2) is 40.0 Å². The molecule has 0 fully saturated rings. The monoisotopic (exact) mass is 432 g/mol. The quantitative estimate of drug-likeness (QED) is 0.614. The van der Waals surface area contributed by atoms with Gasteiger partial charge in [0.2, 0.25) is 0 Å². The molecule has 0 spiro atoms. The zero-order valence-corrected chi connectivity index (χ0v) is 18.5. The van der Waals surface area contributed by atoms with Crippen LogP contribution in [-0.2, 0) is 19.6 Å². The van der Waals surface area contributed by atoms with Crippen LogP contribution in [0.4, 0.5) is 5.69 Å². The molecular weight excluding hydrogens is 404 g/mol. The number of nitrogens with zero attached hydrogens (tertiary/aromatic N) is 1. The van der Waals surface area contributed by atoms with E-state index in [4.69, 9.17) is 4.74 Å². The van der Waals surface area contributed by atoms with Crippen molar-refractivity contribution in [1.82, 2.24) is 5.32 Å². The smallest absolute Gasteiger partial charge is 0.338 e. The molecule has 162 valence electrons.